The second-order valence-corrected chi connectivity index (χ2v) is 10.9. The number of pyridine rings is 2. The van der Waals surface area contributed by atoms with Crippen LogP contribution in [0, 0.1) is 0 Å². The van der Waals surface area contributed by atoms with Crippen molar-refractivity contribution in [3.05, 3.63) is 72.6 Å². The lowest BCUT2D eigenvalue weighted by molar-refractivity contribution is 0.222. The van der Waals surface area contributed by atoms with Gasteiger partial charge in [0.05, 0.1) is 9.95 Å². The summed E-state index contributed by atoms with van der Waals surface area (Å²) in [7, 11) is -3.37. The molecule has 9 heteroatoms. The van der Waals surface area contributed by atoms with Crippen LogP contribution in [0.5, 0.6) is 10.9 Å². The fourth-order valence-corrected chi connectivity index (χ4v) is 6.32. The molecule has 0 N–H and O–H groups in total. The van der Waals surface area contributed by atoms with E-state index in [1.165, 1.54) is 17.5 Å². The Balaban J connectivity index is 1.17. The van der Waals surface area contributed by atoms with Crippen LogP contribution in [0.4, 0.5) is 0 Å². The first-order valence-electron chi connectivity index (χ1n) is 10.4. The zero-order chi connectivity index (χ0) is 22.0. The molecule has 164 valence electrons. The van der Waals surface area contributed by atoms with Crippen molar-refractivity contribution in [3.63, 3.8) is 0 Å². The van der Waals surface area contributed by atoms with Crippen molar-refractivity contribution in [2.75, 3.05) is 13.1 Å². The van der Waals surface area contributed by atoms with Crippen LogP contribution in [0.15, 0.2) is 72.0 Å². The number of sulfone groups is 1. The quantitative estimate of drug-likeness (QED) is 0.418. The van der Waals surface area contributed by atoms with Crippen molar-refractivity contribution in [3.8, 4) is 10.9 Å². The summed E-state index contributed by atoms with van der Waals surface area (Å²) in [6, 6.07) is 16.8. The van der Waals surface area contributed by atoms with E-state index in [0.717, 1.165) is 35.6 Å². The van der Waals surface area contributed by atoms with Gasteiger partial charge in [-0.15, -0.1) is 0 Å². The molecule has 0 radical (unpaired) electrons. The highest BCUT2D eigenvalue weighted by Crippen LogP contribution is 2.30. The number of fused-ring (bicyclic) bond motifs is 1. The van der Waals surface area contributed by atoms with Crippen LogP contribution < -0.4 is 4.74 Å². The molecule has 0 atom stereocenters. The lowest BCUT2D eigenvalue weighted by Crippen LogP contribution is -2.39. The standard InChI is InChI=1S/C23H22N4O3S2/c28-32(29,21-5-1-2-12-24-21)19-10-14-27(15-11-19)16-17-6-8-18(9-7-17)30-23-26-22-20(31-23)4-3-13-25-22/h1-9,12-13,19H,10-11,14-16H2. The van der Waals surface area contributed by atoms with E-state index >= 15 is 0 Å². The molecule has 7 nitrogen and oxygen atoms in total. The van der Waals surface area contributed by atoms with Crippen molar-refractivity contribution in [2.45, 2.75) is 29.7 Å². The second-order valence-electron chi connectivity index (χ2n) is 7.74. The summed E-state index contributed by atoms with van der Waals surface area (Å²) in [5, 5.41) is 0.383. The summed E-state index contributed by atoms with van der Waals surface area (Å²) >= 11 is 1.47. The molecule has 1 aliphatic rings. The van der Waals surface area contributed by atoms with Gasteiger partial charge in [-0.2, -0.15) is 4.98 Å². The van der Waals surface area contributed by atoms with Crippen LogP contribution in [0.2, 0.25) is 0 Å². The van der Waals surface area contributed by atoms with Crippen molar-refractivity contribution in [1.82, 2.24) is 19.9 Å². The Morgan fingerprint density at radius 1 is 0.969 bits per heavy atom. The molecule has 1 aromatic carbocycles. The highest BCUT2D eigenvalue weighted by Gasteiger charge is 2.32. The maximum absolute atomic E-state index is 12.8. The van der Waals surface area contributed by atoms with Crippen molar-refractivity contribution >= 4 is 31.5 Å². The Kier molecular flexibility index (Phi) is 5.86. The van der Waals surface area contributed by atoms with Gasteiger partial charge in [0.15, 0.2) is 20.5 Å². The van der Waals surface area contributed by atoms with Gasteiger partial charge in [0.2, 0.25) is 0 Å². The van der Waals surface area contributed by atoms with Crippen LogP contribution in [-0.2, 0) is 16.4 Å². The average molecular weight is 467 g/mol. The molecule has 4 aromatic rings. The third-order valence-corrected chi connectivity index (χ3v) is 8.64. The molecule has 4 heterocycles. The highest BCUT2D eigenvalue weighted by atomic mass is 32.2. The summed E-state index contributed by atoms with van der Waals surface area (Å²) in [6.45, 7) is 2.27. The van der Waals surface area contributed by atoms with Gasteiger partial charge in [0.25, 0.3) is 5.19 Å². The molecule has 1 fully saturated rings. The molecule has 3 aromatic heterocycles. The first-order valence-corrected chi connectivity index (χ1v) is 12.8. The topological polar surface area (TPSA) is 85.3 Å². The zero-order valence-corrected chi connectivity index (χ0v) is 18.9. The first kappa shape index (κ1) is 21.0. The summed E-state index contributed by atoms with van der Waals surface area (Å²) in [6.07, 6.45) is 4.48. The molecule has 0 unspecified atom stereocenters. The van der Waals surface area contributed by atoms with Crippen molar-refractivity contribution in [2.24, 2.45) is 0 Å². The molecular weight excluding hydrogens is 444 g/mol. The minimum atomic E-state index is -3.37. The normalized spacial score (nSPS) is 15.8. The van der Waals surface area contributed by atoms with E-state index in [0.29, 0.717) is 23.7 Å². The van der Waals surface area contributed by atoms with Gasteiger partial charge in [-0.05, 0) is 67.9 Å². The summed E-state index contributed by atoms with van der Waals surface area (Å²) in [5.41, 5.74) is 1.85. The molecule has 0 spiro atoms. The minimum absolute atomic E-state index is 0.179. The summed E-state index contributed by atoms with van der Waals surface area (Å²) in [4.78, 5) is 15.0. The molecule has 1 aliphatic heterocycles. The smallest absolute Gasteiger partial charge is 0.281 e. The number of aromatic nitrogens is 3. The van der Waals surface area contributed by atoms with E-state index in [9.17, 15) is 8.42 Å². The van der Waals surface area contributed by atoms with E-state index in [2.05, 4.69) is 19.9 Å². The van der Waals surface area contributed by atoms with Crippen molar-refractivity contribution < 1.29 is 13.2 Å². The van der Waals surface area contributed by atoms with Gasteiger partial charge in [-0.25, -0.2) is 18.4 Å². The molecule has 0 bridgehead atoms. The number of rotatable bonds is 6. The molecule has 5 rings (SSSR count). The van der Waals surface area contributed by atoms with Crippen LogP contribution in [0.3, 0.4) is 0 Å². The number of benzene rings is 1. The van der Waals surface area contributed by atoms with Crippen LogP contribution >= 0.6 is 11.3 Å². The van der Waals surface area contributed by atoms with Gasteiger partial charge < -0.3 is 4.74 Å². The van der Waals surface area contributed by atoms with Gasteiger partial charge in [-0.3, -0.25) is 4.90 Å². The van der Waals surface area contributed by atoms with E-state index < -0.39 is 9.84 Å². The van der Waals surface area contributed by atoms with Gasteiger partial charge in [0, 0.05) is 18.9 Å². The van der Waals surface area contributed by atoms with Crippen LogP contribution in [0.25, 0.3) is 10.3 Å². The number of piperidine rings is 1. The van der Waals surface area contributed by atoms with Crippen LogP contribution in [-0.4, -0.2) is 46.6 Å². The Labute approximate surface area is 190 Å². The summed E-state index contributed by atoms with van der Waals surface area (Å²) < 4.78 is 32.5. The van der Waals surface area contributed by atoms with E-state index in [1.807, 2.05) is 36.4 Å². The van der Waals surface area contributed by atoms with E-state index in [1.54, 1.807) is 24.4 Å². The molecular formula is C23H22N4O3S2. The Hall–Kier alpha value is -2.88. The van der Waals surface area contributed by atoms with Gasteiger partial charge in [0.1, 0.15) is 5.75 Å². The van der Waals surface area contributed by atoms with Gasteiger partial charge >= 0.3 is 0 Å². The minimum Gasteiger partial charge on any atom is -0.431 e. The zero-order valence-electron chi connectivity index (χ0n) is 17.3. The monoisotopic (exact) mass is 466 g/mol. The highest BCUT2D eigenvalue weighted by molar-refractivity contribution is 7.92. The molecule has 1 saturated heterocycles. The molecule has 32 heavy (non-hydrogen) atoms. The first-order chi connectivity index (χ1) is 15.6. The maximum atomic E-state index is 12.8. The van der Waals surface area contributed by atoms with Crippen molar-refractivity contribution in [1.29, 1.82) is 0 Å². The SMILES string of the molecule is O=S(=O)(c1ccccn1)C1CCN(Cc2ccc(Oc3nc4ncccc4s3)cc2)CC1. The summed E-state index contributed by atoms with van der Waals surface area (Å²) in [5.74, 6) is 0.730. The largest absolute Gasteiger partial charge is 0.431 e. The Bertz CT molecular complexity index is 1270. The van der Waals surface area contributed by atoms with Crippen LogP contribution in [0.1, 0.15) is 18.4 Å². The molecule has 0 amide bonds. The number of ether oxygens (including phenoxy) is 1. The Morgan fingerprint density at radius 3 is 2.47 bits per heavy atom. The fourth-order valence-electron chi connectivity index (χ4n) is 3.88. The lowest BCUT2D eigenvalue weighted by Gasteiger charge is -2.31. The number of thiazole rings is 1. The third kappa shape index (κ3) is 4.50. The van der Waals surface area contributed by atoms with Gasteiger partial charge in [-0.1, -0.05) is 29.5 Å². The molecule has 0 saturated carbocycles. The van der Waals surface area contributed by atoms with E-state index in [4.69, 9.17) is 4.74 Å². The average Bonchev–Trinajstić information content (AvgIpc) is 3.24. The number of likely N-dealkylation sites (tertiary alicyclic amines) is 1. The lowest BCUT2D eigenvalue weighted by atomic mass is 10.1. The Morgan fingerprint density at radius 2 is 1.75 bits per heavy atom. The third-order valence-electron chi connectivity index (χ3n) is 5.58. The maximum Gasteiger partial charge on any atom is 0.281 e. The number of nitrogens with zero attached hydrogens (tertiary/aromatic N) is 4. The number of hydrogen-bond acceptors (Lipinski definition) is 8. The fraction of sp³-hybridized carbons (Fsp3) is 0.261. The molecule has 0 aliphatic carbocycles. The predicted octanol–water partition coefficient (Wildman–Crippen LogP) is 4.32. The predicted molar refractivity (Wildman–Crippen MR) is 124 cm³/mol. The number of hydrogen-bond donors (Lipinski definition) is 0. The van der Waals surface area contributed by atoms with E-state index in [-0.39, 0.29) is 10.3 Å². The second kappa shape index (κ2) is 8.93.